The molecule has 0 saturated carbocycles. The minimum absolute atomic E-state index is 0.0541. The zero-order chi connectivity index (χ0) is 13.0. The first-order valence-corrected chi connectivity index (χ1v) is 5.66. The van der Waals surface area contributed by atoms with Gasteiger partial charge in [-0.1, -0.05) is 13.8 Å². The molecule has 1 amide bonds. The molecule has 1 heterocycles. The van der Waals surface area contributed by atoms with Crippen LogP contribution in [0.25, 0.3) is 0 Å². The lowest BCUT2D eigenvalue weighted by Gasteiger charge is -2.28. The van der Waals surface area contributed by atoms with E-state index in [9.17, 15) is 4.79 Å². The van der Waals surface area contributed by atoms with E-state index in [1.165, 1.54) is 0 Å². The number of nitrogen functional groups attached to an aromatic ring is 1. The highest BCUT2D eigenvalue weighted by Crippen LogP contribution is 2.17. The van der Waals surface area contributed by atoms with Crippen LogP contribution in [-0.2, 0) is 0 Å². The summed E-state index contributed by atoms with van der Waals surface area (Å²) < 4.78 is 0. The second kappa shape index (κ2) is 5.63. The molecule has 5 heteroatoms. The Kier molecular flexibility index (Phi) is 4.45. The third-order valence-electron chi connectivity index (χ3n) is 3.10. The Morgan fingerprint density at radius 3 is 2.65 bits per heavy atom. The maximum Gasteiger partial charge on any atom is 0.256 e. The number of anilines is 1. The van der Waals surface area contributed by atoms with Crippen LogP contribution in [0.1, 0.15) is 31.1 Å². The Morgan fingerprint density at radius 1 is 1.47 bits per heavy atom. The van der Waals surface area contributed by atoms with Crippen LogP contribution in [0.15, 0.2) is 18.5 Å². The fraction of sp³-hybridized carbons (Fsp3) is 0.500. The van der Waals surface area contributed by atoms with E-state index >= 15 is 0 Å². The summed E-state index contributed by atoms with van der Waals surface area (Å²) in [6, 6.07) is 1.84. The minimum atomic E-state index is -0.0541. The van der Waals surface area contributed by atoms with Crippen LogP contribution in [0.2, 0.25) is 0 Å². The van der Waals surface area contributed by atoms with Gasteiger partial charge in [-0.2, -0.15) is 0 Å². The van der Waals surface area contributed by atoms with Crippen molar-refractivity contribution in [3.63, 3.8) is 0 Å². The first kappa shape index (κ1) is 13.4. The Labute approximate surface area is 102 Å². The van der Waals surface area contributed by atoms with E-state index in [-0.39, 0.29) is 11.9 Å². The molecule has 1 aromatic rings. The summed E-state index contributed by atoms with van der Waals surface area (Å²) in [5.74, 6) is 5.71. The topological polar surface area (TPSA) is 71.2 Å². The largest absolute Gasteiger partial charge is 0.339 e. The van der Waals surface area contributed by atoms with Gasteiger partial charge in [0.1, 0.15) is 0 Å². The summed E-state index contributed by atoms with van der Waals surface area (Å²) in [4.78, 5) is 17.9. The van der Waals surface area contributed by atoms with E-state index in [0.29, 0.717) is 17.2 Å². The number of hydrogen-bond acceptors (Lipinski definition) is 4. The van der Waals surface area contributed by atoms with Crippen LogP contribution in [-0.4, -0.2) is 28.9 Å². The predicted molar refractivity (Wildman–Crippen MR) is 68.4 cm³/mol. The molecule has 0 aliphatic carbocycles. The highest BCUT2D eigenvalue weighted by Gasteiger charge is 2.21. The molecule has 1 unspecified atom stereocenters. The van der Waals surface area contributed by atoms with E-state index in [2.05, 4.69) is 24.3 Å². The molecule has 0 fully saturated rings. The molecule has 0 spiro atoms. The molecular formula is C12H20N4O. The van der Waals surface area contributed by atoms with Crippen molar-refractivity contribution in [3.05, 3.63) is 24.0 Å². The molecule has 0 aliphatic heterocycles. The van der Waals surface area contributed by atoms with Gasteiger partial charge in [0, 0.05) is 19.3 Å². The minimum Gasteiger partial charge on any atom is -0.339 e. The van der Waals surface area contributed by atoms with Crippen molar-refractivity contribution in [2.75, 3.05) is 12.5 Å². The van der Waals surface area contributed by atoms with E-state index in [1.807, 2.05) is 6.92 Å². The van der Waals surface area contributed by atoms with Gasteiger partial charge in [0.2, 0.25) is 0 Å². The van der Waals surface area contributed by atoms with Gasteiger partial charge in [-0.25, -0.2) is 0 Å². The van der Waals surface area contributed by atoms with Crippen molar-refractivity contribution in [2.24, 2.45) is 11.8 Å². The number of nitrogens with one attached hydrogen (secondary N) is 1. The molecule has 0 radical (unpaired) electrons. The van der Waals surface area contributed by atoms with Gasteiger partial charge in [-0.3, -0.25) is 15.6 Å². The second-order valence-electron chi connectivity index (χ2n) is 4.47. The van der Waals surface area contributed by atoms with Crippen molar-refractivity contribution in [2.45, 2.75) is 26.8 Å². The summed E-state index contributed by atoms with van der Waals surface area (Å²) in [6.45, 7) is 6.20. The third-order valence-corrected chi connectivity index (χ3v) is 3.10. The van der Waals surface area contributed by atoms with E-state index in [1.54, 1.807) is 30.4 Å². The fourth-order valence-electron chi connectivity index (χ4n) is 1.52. The van der Waals surface area contributed by atoms with Gasteiger partial charge >= 0.3 is 0 Å². The van der Waals surface area contributed by atoms with E-state index in [0.717, 1.165) is 0 Å². The van der Waals surface area contributed by atoms with Crippen LogP contribution in [0.4, 0.5) is 5.69 Å². The Bertz CT molecular complexity index is 392. The highest BCUT2D eigenvalue weighted by atomic mass is 16.2. The van der Waals surface area contributed by atoms with Crippen molar-refractivity contribution in [1.82, 2.24) is 9.88 Å². The predicted octanol–water partition coefficient (Wildman–Crippen LogP) is 1.48. The lowest BCUT2D eigenvalue weighted by atomic mass is 10.0. The standard InChI is InChI=1S/C12H20N4O/c1-8(2)9(3)16(4)12(17)10-5-6-14-7-11(10)15-13/h5-9,15H,13H2,1-4H3. The van der Waals surface area contributed by atoms with Gasteiger partial charge < -0.3 is 10.3 Å². The Hall–Kier alpha value is -1.62. The molecular weight excluding hydrogens is 216 g/mol. The number of hydrazine groups is 1. The maximum absolute atomic E-state index is 12.3. The van der Waals surface area contributed by atoms with Gasteiger partial charge in [-0.05, 0) is 18.9 Å². The van der Waals surface area contributed by atoms with Gasteiger partial charge in [0.25, 0.3) is 5.91 Å². The van der Waals surface area contributed by atoms with E-state index in [4.69, 9.17) is 5.84 Å². The molecule has 94 valence electrons. The number of pyridine rings is 1. The fourth-order valence-corrected chi connectivity index (χ4v) is 1.52. The average molecular weight is 236 g/mol. The molecule has 0 aliphatic rings. The molecule has 0 aromatic carbocycles. The lowest BCUT2D eigenvalue weighted by Crippen LogP contribution is -2.38. The summed E-state index contributed by atoms with van der Waals surface area (Å²) in [7, 11) is 1.80. The molecule has 0 saturated heterocycles. The van der Waals surface area contributed by atoms with Crippen molar-refractivity contribution < 1.29 is 4.79 Å². The maximum atomic E-state index is 12.3. The number of hydrogen-bond donors (Lipinski definition) is 2. The van der Waals surface area contributed by atoms with Gasteiger partial charge in [-0.15, -0.1) is 0 Å². The zero-order valence-electron chi connectivity index (χ0n) is 10.8. The molecule has 17 heavy (non-hydrogen) atoms. The number of amides is 1. The zero-order valence-corrected chi connectivity index (χ0v) is 10.8. The lowest BCUT2D eigenvalue weighted by molar-refractivity contribution is 0.0708. The van der Waals surface area contributed by atoms with Crippen LogP contribution >= 0.6 is 0 Å². The normalized spacial score (nSPS) is 12.4. The van der Waals surface area contributed by atoms with Crippen LogP contribution in [0, 0.1) is 5.92 Å². The first-order chi connectivity index (χ1) is 7.99. The number of nitrogens with zero attached hydrogens (tertiary/aromatic N) is 2. The smallest absolute Gasteiger partial charge is 0.256 e. The van der Waals surface area contributed by atoms with Gasteiger partial charge in [0.05, 0.1) is 17.4 Å². The third kappa shape index (κ3) is 2.94. The number of carbonyl (C=O) groups is 1. The molecule has 1 aromatic heterocycles. The Balaban J connectivity index is 2.96. The molecule has 1 atom stereocenters. The summed E-state index contributed by atoms with van der Waals surface area (Å²) >= 11 is 0. The number of aromatic nitrogens is 1. The van der Waals surface area contributed by atoms with Crippen LogP contribution < -0.4 is 11.3 Å². The second-order valence-corrected chi connectivity index (χ2v) is 4.47. The van der Waals surface area contributed by atoms with Gasteiger partial charge in [0.15, 0.2) is 0 Å². The SMILES string of the molecule is CC(C)C(C)N(C)C(=O)c1ccncc1NN. The number of carbonyl (C=O) groups excluding carboxylic acids is 1. The first-order valence-electron chi connectivity index (χ1n) is 5.66. The Morgan fingerprint density at radius 2 is 2.12 bits per heavy atom. The number of nitrogens with two attached hydrogens (primary N) is 1. The monoisotopic (exact) mass is 236 g/mol. The van der Waals surface area contributed by atoms with Crippen molar-refractivity contribution in [1.29, 1.82) is 0 Å². The van der Waals surface area contributed by atoms with Crippen LogP contribution in [0.5, 0.6) is 0 Å². The summed E-state index contributed by atoms with van der Waals surface area (Å²) in [5.41, 5.74) is 3.57. The summed E-state index contributed by atoms with van der Waals surface area (Å²) in [6.07, 6.45) is 3.13. The van der Waals surface area contributed by atoms with Crippen LogP contribution in [0.3, 0.4) is 0 Å². The molecule has 1 rings (SSSR count). The quantitative estimate of drug-likeness (QED) is 0.613. The highest BCUT2D eigenvalue weighted by molar-refractivity contribution is 5.99. The molecule has 3 N–H and O–H groups in total. The number of rotatable bonds is 4. The van der Waals surface area contributed by atoms with Crippen molar-refractivity contribution in [3.8, 4) is 0 Å². The average Bonchev–Trinajstić information content (AvgIpc) is 2.35. The summed E-state index contributed by atoms with van der Waals surface area (Å²) in [5, 5.41) is 0. The van der Waals surface area contributed by atoms with E-state index < -0.39 is 0 Å². The molecule has 5 nitrogen and oxygen atoms in total. The molecule has 0 bridgehead atoms. The van der Waals surface area contributed by atoms with Crippen molar-refractivity contribution >= 4 is 11.6 Å².